The highest BCUT2D eigenvalue weighted by Gasteiger charge is 2.20. The summed E-state index contributed by atoms with van der Waals surface area (Å²) in [6.07, 6.45) is 0. The Bertz CT molecular complexity index is 1400. The Morgan fingerprint density at radius 2 is 1.33 bits per heavy atom. The lowest BCUT2D eigenvalue weighted by Crippen LogP contribution is -2.16. The van der Waals surface area contributed by atoms with Gasteiger partial charge < -0.3 is 14.8 Å². The second-order valence-electron chi connectivity index (χ2n) is 7.78. The van der Waals surface area contributed by atoms with Crippen LogP contribution in [0, 0.1) is 0 Å². The molecule has 4 aromatic rings. The van der Waals surface area contributed by atoms with Gasteiger partial charge in [-0.1, -0.05) is 48.0 Å². The van der Waals surface area contributed by atoms with Gasteiger partial charge in [0.2, 0.25) is 0 Å². The number of anilines is 1. The lowest BCUT2D eigenvalue weighted by Gasteiger charge is -2.14. The van der Waals surface area contributed by atoms with Crippen molar-refractivity contribution in [3.8, 4) is 16.9 Å². The molecule has 0 aromatic heterocycles. The minimum atomic E-state index is -0.668. The van der Waals surface area contributed by atoms with Crippen LogP contribution >= 0.6 is 11.6 Å². The largest absolute Gasteiger partial charge is 0.497 e. The first-order valence-electron chi connectivity index (χ1n) is 11.1. The van der Waals surface area contributed by atoms with Gasteiger partial charge in [0.05, 0.1) is 12.7 Å². The van der Waals surface area contributed by atoms with Gasteiger partial charge in [0.1, 0.15) is 5.75 Å². The number of amides is 1. The first-order chi connectivity index (χ1) is 17.5. The van der Waals surface area contributed by atoms with Crippen molar-refractivity contribution in [1.82, 2.24) is 0 Å². The average molecular weight is 500 g/mol. The highest BCUT2D eigenvalue weighted by Crippen LogP contribution is 2.29. The molecule has 0 unspecified atom stereocenters. The predicted octanol–water partition coefficient (Wildman–Crippen LogP) is 6.31. The summed E-state index contributed by atoms with van der Waals surface area (Å²) < 4.78 is 10.5. The highest BCUT2D eigenvalue weighted by atomic mass is 35.5. The van der Waals surface area contributed by atoms with Gasteiger partial charge in [-0.15, -0.1) is 0 Å². The summed E-state index contributed by atoms with van der Waals surface area (Å²) in [7, 11) is 1.57. The SMILES string of the molecule is COc1ccc(NC(=O)c2ccccc2-c2ccccc2C(=O)OCC(=O)c2ccc(Cl)cc2)cc1. The van der Waals surface area contributed by atoms with Gasteiger partial charge >= 0.3 is 5.97 Å². The molecule has 4 rings (SSSR count). The van der Waals surface area contributed by atoms with Crippen LogP contribution in [0.4, 0.5) is 5.69 Å². The number of esters is 1. The van der Waals surface area contributed by atoms with Gasteiger partial charge in [0, 0.05) is 21.8 Å². The van der Waals surface area contributed by atoms with Gasteiger partial charge in [0.25, 0.3) is 5.91 Å². The second kappa shape index (κ2) is 11.3. The summed E-state index contributed by atoms with van der Waals surface area (Å²) >= 11 is 5.86. The minimum Gasteiger partial charge on any atom is -0.497 e. The van der Waals surface area contributed by atoms with Crippen LogP contribution in [0.3, 0.4) is 0 Å². The van der Waals surface area contributed by atoms with Crippen molar-refractivity contribution in [1.29, 1.82) is 0 Å². The maximum absolute atomic E-state index is 13.1. The number of nitrogens with one attached hydrogen (secondary N) is 1. The standard InChI is InChI=1S/C29H22ClNO5/c1-35-22-16-14-21(15-17-22)31-28(33)25-8-4-2-6-23(25)24-7-3-5-9-26(24)29(34)36-18-27(32)19-10-12-20(30)13-11-19/h2-17H,18H2,1H3,(H,31,33). The van der Waals surface area contributed by atoms with E-state index >= 15 is 0 Å². The van der Waals surface area contributed by atoms with E-state index in [1.54, 1.807) is 104 Å². The molecule has 1 N–H and O–H groups in total. The quantitative estimate of drug-likeness (QED) is 0.227. The second-order valence-corrected chi connectivity index (χ2v) is 8.22. The molecule has 36 heavy (non-hydrogen) atoms. The Kier molecular flexibility index (Phi) is 7.78. The van der Waals surface area contributed by atoms with Gasteiger partial charge in [0.15, 0.2) is 12.4 Å². The minimum absolute atomic E-state index is 0.242. The molecule has 6 nitrogen and oxygen atoms in total. The molecule has 0 saturated carbocycles. The Hall–Kier alpha value is -4.42. The van der Waals surface area contributed by atoms with Crippen LogP contribution in [0.5, 0.6) is 5.75 Å². The molecule has 0 fully saturated rings. The number of benzene rings is 4. The first-order valence-corrected chi connectivity index (χ1v) is 11.4. The molecule has 7 heteroatoms. The van der Waals surface area contributed by atoms with Crippen molar-refractivity contribution in [2.75, 3.05) is 19.0 Å². The third-order valence-corrected chi connectivity index (χ3v) is 5.71. The van der Waals surface area contributed by atoms with E-state index in [-0.39, 0.29) is 17.3 Å². The maximum atomic E-state index is 13.1. The number of halogens is 1. The molecule has 0 aliphatic rings. The number of ketones is 1. The number of carbonyl (C=O) groups excluding carboxylic acids is 3. The molecule has 0 heterocycles. The van der Waals surface area contributed by atoms with Crippen LogP contribution in [-0.2, 0) is 4.74 Å². The summed E-state index contributed by atoms with van der Waals surface area (Å²) in [5, 5.41) is 3.37. The summed E-state index contributed by atoms with van der Waals surface area (Å²) in [5.74, 6) is -0.678. The zero-order valence-corrected chi connectivity index (χ0v) is 20.1. The number of hydrogen-bond donors (Lipinski definition) is 1. The Morgan fingerprint density at radius 3 is 1.97 bits per heavy atom. The Balaban J connectivity index is 1.55. The topological polar surface area (TPSA) is 81.7 Å². The lowest BCUT2D eigenvalue weighted by molar-refractivity contribution is 0.0475. The van der Waals surface area contributed by atoms with Crippen molar-refractivity contribution in [2.45, 2.75) is 0 Å². The van der Waals surface area contributed by atoms with Gasteiger partial charge in [-0.2, -0.15) is 0 Å². The van der Waals surface area contributed by atoms with Crippen LogP contribution in [-0.4, -0.2) is 31.4 Å². The molecular formula is C29H22ClNO5. The first kappa shape index (κ1) is 24.7. The van der Waals surface area contributed by atoms with E-state index in [0.29, 0.717) is 38.7 Å². The molecule has 0 aliphatic carbocycles. The molecule has 0 aliphatic heterocycles. The van der Waals surface area contributed by atoms with Gasteiger partial charge in [-0.05, 0) is 71.8 Å². The van der Waals surface area contributed by atoms with Gasteiger partial charge in [-0.3, -0.25) is 9.59 Å². The summed E-state index contributed by atoms with van der Waals surface area (Å²) in [5.41, 5.74) is 2.68. The van der Waals surface area contributed by atoms with E-state index in [1.165, 1.54) is 0 Å². The Morgan fingerprint density at radius 1 is 0.750 bits per heavy atom. The van der Waals surface area contributed by atoms with E-state index in [0.717, 1.165) is 0 Å². The molecular weight excluding hydrogens is 478 g/mol. The van der Waals surface area contributed by atoms with Crippen molar-refractivity contribution >= 4 is 34.9 Å². The van der Waals surface area contributed by atoms with Crippen LogP contribution in [0.2, 0.25) is 5.02 Å². The van der Waals surface area contributed by atoms with Crippen LogP contribution in [0.15, 0.2) is 97.1 Å². The van der Waals surface area contributed by atoms with Gasteiger partial charge in [-0.25, -0.2) is 4.79 Å². The average Bonchev–Trinajstić information content (AvgIpc) is 2.92. The number of Topliss-reactive ketones (excluding diaryl/α,β-unsaturated/α-hetero) is 1. The number of methoxy groups -OCH3 is 1. The van der Waals surface area contributed by atoms with Crippen molar-refractivity contribution < 1.29 is 23.9 Å². The normalized spacial score (nSPS) is 10.4. The number of hydrogen-bond acceptors (Lipinski definition) is 5. The molecule has 4 aromatic carbocycles. The van der Waals surface area contributed by atoms with Crippen molar-refractivity contribution in [2.24, 2.45) is 0 Å². The fourth-order valence-electron chi connectivity index (χ4n) is 3.61. The molecule has 0 atom stereocenters. The molecule has 180 valence electrons. The van der Waals surface area contributed by atoms with Crippen molar-refractivity contribution in [3.05, 3.63) is 119 Å². The third-order valence-electron chi connectivity index (χ3n) is 5.46. The molecule has 0 bridgehead atoms. The molecule has 0 radical (unpaired) electrons. The smallest absolute Gasteiger partial charge is 0.339 e. The fraction of sp³-hybridized carbons (Fsp3) is 0.0690. The van der Waals surface area contributed by atoms with E-state index in [1.807, 2.05) is 0 Å². The zero-order valence-electron chi connectivity index (χ0n) is 19.4. The fourth-order valence-corrected chi connectivity index (χ4v) is 3.74. The van der Waals surface area contributed by atoms with Crippen LogP contribution in [0.1, 0.15) is 31.1 Å². The van der Waals surface area contributed by atoms with E-state index in [4.69, 9.17) is 21.1 Å². The van der Waals surface area contributed by atoms with Crippen molar-refractivity contribution in [3.63, 3.8) is 0 Å². The number of carbonyl (C=O) groups is 3. The predicted molar refractivity (Wildman–Crippen MR) is 139 cm³/mol. The molecule has 0 saturated heterocycles. The van der Waals surface area contributed by atoms with Crippen LogP contribution < -0.4 is 10.1 Å². The van der Waals surface area contributed by atoms with E-state index in [2.05, 4.69) is 5.32 Å². The molecule has 1 amide bonds. The number of ether oxygens (including phenoxy) is 2. The summed E-state index contributed by atoms with van der Waals surface area (Å²) in [6, 6.07) is 27.1. The Labute approximate surface area is 213 Å². The van der Waals surface area contributed by atoms with E-state index < -0.39 is 12.6 Å². The summed E-state index contributed by atoms with van der Waals surface area (Å²) in [6.45, 7) is -0.422. The van der Waals surface area contributed by atoms with E-state index in [9.17, 15) is 14.4 Å². The van der Waals surface area contributed by atoms with Crippen LogP contribution in [0.25, 0.3) is 11.1 Å². The monoisotopic (exact) mass is 499 g/mol. The number of rotatable bonds is 8. The molecule has 0 spiro atoms. The maximum Gasteiger partial charge on any atom is 0.339 e. The zero-order chi connectivity index (χ0) is 25.5. The summed E-state index contributed by atoms with van der Waals surface area (Å²) in [4.78, 5) is 38.5. The third kappa shape index (κ3) is 5.79. The lowest BCUT2D eigenvalue weighted by atomic mass is 9.95. The highest BCUT2D eigenvalue weighted by molar-refractivity contribution is 6.30.